The highest BCUT2D eigenvalue weighted by atomic mass is 16.6. The molecule has 0 amide bonds. The summed E-state index contributed by atoms with van der Waals surface area (Å²) >= 11 is 0. The lowest BCUT2D eigenvalue weighted by Gasteiger charge is -2.43. The smallest absolute Gasteiger partial charge is 0.312 e. The second-order valence-corrected chi connectivity index (χ2v) is 11.0. The number of rotatable bonds is 7. The third-order valence-corrected chi connectivity index (χ3v) is 6.57. The minimum absolute atomic E-state index is 0.0330. The highest BCUT2D eigenvalue weighted by Crippen LogP contribution is 2.49. The number of allylic oxidation sites excluding steroid dienone is 2. The van der Waals surface area contributed by atoms with Crippen molar-refractivity contribution in [1.29, 1.82) is 0 Å². The number of carboxylic acids is 1. The molecule has 6 heteroatoms. The van der Waals surface area contributed by atoms with Gasteiger partial charge in [-0.1, -0.05) is 53.7 Å². The fourth-order valence-corrected chi connectivity index (χ4v) is 4.72. The summed E-state index contributed by atoms with van der Waals surface area (Å²) in [6.07, 6.45) is 5.15. The van der Waals surface area contributed by atoms with E-state index < -0.39 is 29.2 Å². The molecule has 0 radical (unpaired) electrons. The Kier molecular flexibility index (Phi) is 6.56. The zero-order valence-corrected chi connectivity index (χ0v) is 18.8. The van der Waals surface area contributed by atoms with E-state index in [1.54, 1.807) is 0 Å². The molecule has 0 aromatic carbocycles. The van der Waals surface area contributed by atoms with E-state index in [2.05, 4.69) is 20.8 Å². The van der Waals surface area contributed by atoms with E-state index >= 15 is 0 Å². The summed E-state index contributed by atoms with van der Waals surface area (Å²) in [6.45, 7) is 14.2. The van der Waals surface area contributed by atoms with Crippen LogP contribution in [0.25, 0.3) is 0 Å². The molecule has 1 N–H and O–H groups in total. The van der Waals surface area contributed by atoms with Gasteiger partial charge in [0.2, 0.25) is 0 Å². The molecule has 2 aliphatic carbocycles. The third-order valence-electron chi connectivity index (χ3n) is 6.57. The molecule has 2 aliphatic rings. The maximum Gasteiger partial charge on any atom is 0.312 e. The first-order valence-corrected chi connectivity index (χ1v) is 10.4. The van der Waals surface area contributed by atoms with Gasteiger partial charge in [0.15, 0.2) is 0 Å². The number of carbonyl (C=O) groups excluding carboxylic acids is 2. The number of hydrogen-bond donors (Lipinski definition) is 1. The van der Waals surface area contributed by atoms with Crippen LogP contribution in [0.4, 0.5) is 0 Å². The van der Waals surface area contributed by atoms with Gasteiger partial charge in [0.1, 0.15) is 13.2 Å². The largest absolute Gasteiger partial charge is 0.481 e. The molecule has 1 fully saturated rings. The van der Waals surface area contributed by atoms with E-state index in [1.807, 2.05) is 39.8 Å². The molecule has 0 aliphatic heterocycles. The number of fused-ring (bicyclic) bond motifs is 2. The number of esters is 2. The van der Waals surface area contributed by atoms with Crippen LogP contribution in [0.2, 0.25) is 0 Å². The van der Waals surface area contributed by atoms with Gasteiger partial charge in [0.05, 0.1) is 17.3 Å². The Hall–Kier alpha value is -1.85. The molecule has 2 bridgehead atoms. The van der Waals surface area contributed by atoms with Crippen molar-refractivity contribution in [3.63, 3.8) is 0 Å². The van der Waals surface area contributed by atoms with Gasteiger partial charge in [-0.25, -0.2) is 0 Å². The van der Waals surface area contributed by atoms with Crippen LogP contribution in [0.15, 0.2) is 12.2 Å². The monoisotopic (exact) mass is 408 g/mol. The van der Waals surface area contributed by atoms with E-state index in [0.717, 1.165) is 0 Å². The number of ether oxygens (including phenoxy) is 2. The summed E-state index contributed by atoms with van der Waals surface area (Å²) < 4.78 is 10.8. The summed E-state index contributed by atoms with van der Waals surface area (Å²) in [7, 11) is 0. The number of carbonyl (C=O) groups is 3. The van der Waals surface area contributed by atoms with Gasteiger partial charge >= 0.3 is 17.9 Å². The van der Waals surface area contributed by atoms with Crippen LogP contribution >= 0.6 is 0 Å². The Morgan fingerprint density at radius 3 is 1.90 bits per heavy atom. The van der Waals surface area contributed by atoms with Gasteiger partial charge in [-0.05, 0) is 42.4 Å². The van der Waals surface area contributed by atoms with Gasteiger partial charge in [0.25, 0.3) is 0 Å². The first-order chi connectivity index (χ1) is 13.2. The van der Waals surface area contributed by atoms with E-state index in [0.29, 0.717) is 12.8 Å². The van der Waals surface area contributed by atoms with Crippen LogP contribution in [0.1, 0.15) is 61.3 Å². The SMILES string of the molecule is CC(C)(C)CC(C)(C(=O)OCCOC(=O)C1C2C=CC(C2)C1C(=O)O)C(C)(C)C. The molecule has 0 aromatic rings. The van der Waals surface area contributed by atoms with E-state index in [4.69, 9.17) is 9.47 Å². The van der Waals surface area contributed by atoms with Crippen molar-refractivity contribution in [3.05, 3.63) is 12.2 Å². The summed E-state index contributed by atoms with van der Waals surface area (Å²) in [6, 6.07) is 0. The van der Waals surface area contributed by atoms with Crippen LogP contribution < -0.4 is 0 Å². The van der Waals surface area contributed by atoms with Gasteiger partial charge < -0.3 is 14.6 Å². The number of aliphatic carboxylic acids is 1. The molecular weight excluding hydrogens is 372 g/mol. The lowest BCUT2D eigenvalue weighted by molar-refractivity contribution is -0.169. The summed E-state index contributed by atoms with van der Waals surface area (Å²) in [5.41, 5.74) is -1.02. The van der Waals surface area contributed by atoms with Crippen molar-refractivity contribution < 1.29 is 29.0 Å². The van der Waals surface area contributed by atoms with Crippen molar-refractivity contribution >= 4 is 17.9 Å². The zero-order chi connectivity index (χ0) is 22.2. The Bertz CT molecular complexity index is 680. The number of carboxylic acid groups (broad SMARTS) is 1. The average Bonchev–Trinajstić information content (AvgIpc) is 3.16. The zero-order valence-electron chi connectivity index (χ0n) is 18.8. The fraction of sp³-hybridized carbons (Fsp3) is 0.783. The molecule has 0 saturated heterocycles. The molecule has 29 heavy (non-hydrogen) atoms. The molecule has 2 rings (SSSR count). The van der Waals surface area contributed by atoms with E-state index in [9.17, 15) is 19.5 Å². The van der Waals surface area contributed by atoms with Gasteiger partial charge in [0, 0.05) is 0 Å². The summed E-state index contributed by atoms with van der Waals surface area (Å²) in [5.74, 6) is -3.33. The molecule has 0 spiro atoms. The second kappa shape index (κ2) is 8.11. The van der Waals surface area contributed by atoms with E-state index in [1.165, 1.54) is 0 Å². The van der Waals surface area contributed by atoms with Crippen molar-refractivity contribution in [3.8, 4) is 0 Å². The van der Waals surface area contributed by atoms with Crippen LogP contribution in [-0.4, -0.2) is 36.2 Å². The average molecular weight is 409 g/mol. The maximum atomic E-state index is 12.9. The molecule has 5 unspecified atom stereocenters. The molecule has 5 atom stereocenters. The van der Waals surface area contributed by atoms with Crippen molar-refractivity contribution in [1.82, 2.24) is 0 Å². The van der Waals surface area contributed by atoms with Crippen LogP contribution in [0.5, 0.6) is 0 Å². The summed E-state index contributed by atoms with van der Waals surface area (Å²) in [5, 5.41) is 9.45. The van der Waals surface area contributed by atoms with Crippen LogP contribution in [0.3, 0.4) is 0 Å². The Balaban J connectivity index is 1.90. The number of hydrogen-bond acceptors (Lipinski definition) is 5. The van der Waals surface area contributed by atoms with Crippen molar-refractivity contribution in [2.45, 2.75) is 61.3 Å². The topological polar surface area (TPSA) is 89.9 Å². The van der Waals surface area contributed by atoms with Gasteiger partial charge in [-0.2, -0.15) is 0 Å². The van der Waals surface area contributed by atoms with E-state index in [-0.39, 0.29) is 41.8 Å². The van der Waals surface area contributed by atoms with Gasteiger partial charge in [-0.15, -0.1) is 0 Å². The predicted molar refractivity (Wildman–Crippen MR) is 109 cm³/mol. The lowest BCUT2D eigenvalue weighted by Crippen LogP contribution is -2.44. The van der Waals surface area contributed by atoms with Crippen LogP contribution in [0, 0.1) is 39.9 Å². The highest BCUT2D eigenvalue weighted by molar-refractivity contribution is 5.83. The quantitative estimate of drug-likeness (QED) is 0.388. The van der Waals surface area contributed by atoms with Crippen molar-refractivity contribution in [2.24, 2.45) is 39.9 Å². The Morgan fingerprint density at radius 1 is 0.897 bits per heavy atom. The molecule has 164 valence electrons. The third kappa shape index (κ3) is 5.01. The first-order valence-electron chi connectivity index (χ1n) is 10.4. The first kappa shape index (κ1) is 23.4. The predicted octanol–water partition coefficient (Wildman–Crippen LogP) is 4.08. The van der Waals surface area contributed by atoms with Crippen molar-refractivity contribution in [2.75, 3.05) is 13.2 Å². The minimum Gasteiger partial charge on any atom is -0.481 e. The molecule has 0 aromatic heterocycles. The summed E-state index contributed by atoms with van der Waals surface area (Å²) in [4.78, 5) is 36.9. The minimum atomic E-state index is -0.960. The lowest BCUT2D eigenvalue weighted by atomic mass is 9.61. The normalized spacial score (nSPS) is 28.1. The molecule has 1 saturated carbocycles. The fourth-order valence-electron chi connectivity index (χ4n) is 4.72. The molecule has 6 nitrogen and oxygen atoms in total. The van der Waals surface area contributed by atoms with Gasteiger partial charge in [-0.3, -0.25) is 14.4 Å². The Labute approximate surface area is 174 Å². The maximum absolute atomic E-state index is 12.9. The standard InChI is InChI=1S/C23H36O6/c1-21(2,3)13-23(7,22(4,5)6)20(27)29-11-10-28-19(26)17-15-9-8-14(12-15)16(17)18(24)25/h8-9,14-17H,10-13H2,1-7H3,(H,24,25). The van der Waals surface area contributed by atoms with Crippen LogP contribution in [-0.2, 0) is 23.9 Å². The Morgan fingerprint density at radius 2 is 1.41 bits per heavy atom. The highest BCUT2D eigenvalue weighted by Gasteiger charge is 2.52. The second-order valence-electron chi connectivity index (χ2n) is 11.0. The molecular formula is C23H36O6. The molecule has 0 heterocycles.